The first-order chi connectivity index (χ1) is 70.7. The third-order valence-electron chi connectivity index (χ3n) is 23.4. The average Bonchev–Trinajstić information content (AvgIpc) is 1.64. The van der Waals surface area contributed by atoms with Gasteiger partial charge in [0.25, 0.3) is 0 Å². The molecule has 0 saturated heterocycles. The zero-order chi connectivity index (χ0) is 99.0. The molecular formula is C128H104N16Rh4. The fourth-order valence-corrected chi connectivity index (χ4v) is 16.4. The molecule has 0 unspecified atom stereocenters. The molecule has 0 aliphatic carbocycles. The van der Waals surface area contributed by atoms with Crippen LogP contribution in [0.1, 0.15) is 45.6 Å². The van der Waals surface area contributed by atoms with E-state index in [1.165, 1.54) is 66.8 Å². The topological polar surface area (TPSA) is 143 Å². The molecule has 20 heteroatoms. The van der Waals surface area contributed by atoms with Crippen LogP contribution in [0.4, 0.5) is 0 Å². The van der Waals surface area contributed by atoms with Crippen molar-refractivity contribution in [1.29, 1.82) is 0 Å². The van der Waals surface area contributed by atoms with Gasteiger partial charge in [-0.2, -0.15) is 235 Å². The monoisotopic (exact) mass is 2280 g/mol. The normalized spacial score (nSPS) is 10.2. The smallest absolute Gasteiger partial charge is 0.266 e. The number of aromatic nitrogens is 16. The Morgan fingerprint density at radius 2 is 0.405 bits per heavy atom. The van der Waals surface area contributed by atoms with E-state index in [1.807, 2.05) is 323 Å². The molecule has 24 aromatic rings. The standard InChI is InChI=1S/2C23H19N2.2C21H15N2.2C11H11N2.2C9H7N2.4Rh/c2*1-17-23(18(2)25(24-17)22-11-7-4-8-12-22)21-15-13-20(14-16-21)19-9-5-3-6-10-19;2*1-3-7-17(8-4-1)18-11-13-19(14-12-18)20-15-22-23(16-20)21-9-5-2-6-10-21;2*1-9-8-10(2)13(12-9)11-6-4-3-5-7-11;2*1-2-5-9(6-3-1)11-8-4-7-10-11;;;;/h2*3-11,13-16H,1-2H3;2*1-9,11-16H;2*3-6,8H,1-2H3;2*1-5,7-8H;;;;/q8*-1;4*+2. The maximum Gasteiger partial charge on any atom is 2.00 e. The summed E-state index contributed by atoms with van der Waals surface area (Å²) in [4.78, 5) is 0. The van der Waals surface area contributed by atoms with E-state index < -0.39 is 0 Å². The third kappa shape index (κ3) is 29.1. The number of benzene rings is 16. The Bertz CT molecular complexity index is 7490. The van der Waals surface area contributed by atoms with Crippen LogP contribution in [-0.2, 0) is 77.9 Å². The maximum absolute atomic E-state index is 4.72. The molecule has 16 nitrogen and oxygen atoms in total. The maximum atomic E-state index is 4.72. The van der Waals surface area contributed by atoms with Crippen LogP contribution in [0.2, 0.25) is 0 Å². The summed E-state index contributed by atoms with van der Waals surface area (Å²) in [6, 6.07) is 172. The fourth-order valence-electron chi connectivity index (χ4n) is 16.4. The number of nitrogens with zero attached hydrogens (tertiary/aromatic N) is 16. The quantitative estimate of drug-likeness (QED) is 0.0687. The van der Waals surface area contributed by atoms with E-state index in [9.17, 15) is 0 Å². The molecule has 0 aliphatic heterocycles. The van der Waals surface area contributed by atoms with Gasteiger partial charge in [-0.1, -0.05) is 218 Å². The summed E-state index contributed by atoms with van der Waals surface area (Å²) in [7, 11) is 0. The van der Waals surface area contributed by atoms with Crippen LogP contribution in [0.15, 0.2) is 486 Å². The van der Waals surface area contributed by atoms with Crippen molar-refractivity contribution >= 4 is 0 Å². The molecule has 0 amide bonds. The van der Waals surface area contributed by atoms with Gasteiger partial charge in [0.1, 0.15) is 0 Å². The second kappa shape index (κ2) is 55.1. The van der Waals surface area contributed by atoms with Gasteiger partial charge in [0.2, 0.25) is 0 Å². The van der Waals surface area contributed by atoms with Gasteiger partial charge in [0.05, 0.1) is 35.2 Å². The predicted molar refractivity (Wildman–Crippen MR) is 581 cm³/mol. The van der Waals surface area contributed by atoms with E-state index in [-0.39, 0.29) is 77.9 Å². The van der Waals surface area contributed by atoms with Crippen molar-refractivity contribution in [3.8, 4) is 135 Å². The third-order valence-corrected chi connectivity index (χ3v) is 23.4. The molecule has 732 valence electrons. The van der Waals surface area contributed by atoms with E-state index >= 15 is 0 Å². The van der Waals surface area contributed by atoms with Crippen molar-refractivity contribution in [3.05, 3.63) is 580 Å². The first-order valence-electron chi connectivity index (χ1n) is 47.4. The van der Waals surface area contributed by atoms with Gasteiger partial charge in [-0.15, -0.1) is 48.5 Å². The first kappa shape index (κ1) is 109. The molecule has 0 aliphatic rings. The van der Waals surface area contributed by atoms with Crippen LogP contribution in [0.5, 0.6) is 0 Å². The Morgan fingerprint density at radius 3 is 0.628 bits per heavy atom. The van der Waals surface area contributed by atoms with Crippen LogP contribution >= 0.6 is 0 Å². The molecule has 24 rings (SSSR count). The Hall–Kier alpha value is -16.3. The van der Waals surface area contributed by atoms with Gasteiger partial charge in [0, 0.05) is 82.2 Å². The molecule has 0 atom stereocenters. The Balaban J connectivity index is 0.000000143. The van der Waals surface area contributed by atoms with E-state index in [2.05, 4.69) is 313 Å². The van der Waals surface area contributed by atoms with E-state index in [1.54, 1.807) is 21.8 Å². The van der Waals surface area contributed by atoms with Crippen molar-refractivity contribution in [2.75, 3.05) is 0 Å². The number of rotatable bonds is 16. The Kier molecular flexibility index (Phi) is 40.6. The molecule has 0 N–H and O–H groups in total. The summed E-state index contributed by atoms with van der Waals surface area (Å²) >= 11 is 0. The molecule has 16 aromatic carbocycles. The summed E-state index contributed by atoms with van der Waals surface area (Å²) in [5.74, 6) is 0. The minimum Gasteiger partial charge on any atom is -0.266 e. The summed E-state index contributed by atoms with van der Waals surface area (Å²) in [6.07, 6.45) is 15.1. The molecule has 148 heavy (non-hydrogen) atoms. The average molecular weight is 2280 g/mol. The van der Waals surface area contributed by atoms with Crippen LogP contribution < -0.4 is 0 Å². The number of aryl methyl sites for hydroxylation is 6. The second-order valence-electron chi connectivity index (χ2n) is 33.6. The van der Waals surface area contributed by atoms with Gasteiger partial charge in [-0.05, 0) is 192 Å². The Labute approximate surface area is 918 Å². The number of hydrogen-bond donors (Lipinski definition) is 0. The van der Waals surface area contributed by atoms with Gasteiger partial charge in [0.15, 0.2) is 0 Å². The molecule has 0 saturated carbocycles. The van der Waals surface area contributed by atoms with Crippen LogP contribution in [0.25, 0.3) is 135 Å². The second-order valence-corrected chi connectivity index (χ2v) is 33.6. The Morgan fingerprint density at radius 1 is 0.189 bits per heavy atom. The van der Waals surface area contributed by atoms with Crippen molar-refractivity contribution < 1.29 is 77.9 Å². The first-order valence-corrected chi connectivity index (χ1v) is 47.4. The zero-order valence-electron chi connectivity index (χ0n) is 82.7. The minimum absolute atomic E-state index is 0. The molecule has 0 fully saturated rings. The molecule has 0 bridgehead atoms. The molecule has 0 spiro atoms. The summed E-state index contributed by atoms with van der Waals surface area (Å²) in [5, 5.41) is 35.2. The van der Waals surface area contributed by atoms with Gasteiger partial charge < -0.3 is 0 Å². The van der Waals surface area contributed by atoms with Gasteiger partial charge in [-0.3, -0.25) is 37.5 Å². The molecule has 4 radical (unpaired) electrons. The van der Waals surface area contributed by atoms with Crippen LogP contribution in [0.3, 0.4) is 0 Å². The van der Waals surface area contributed by atoms with Gasteiger partial charge in [-0.25, -0.2) is 0 Å². The van der Waals surface area contributed by atoms with E-state index in [4.69, 9.17) is 10.2 Å². The number of para-hydroxylation sites is 8. The van der Waals surface area contributed by atoms with Crippen molar-refractivity contribution in [1.82, 2.24) is 78.2 Å². The predicted octanol–water partition coefficient (Wildman–Crippen LogP) is 29.2. The summed E-state index contributed by atoms with van der Waals surface area (Å²) < 4.78 is 15.0. The van der Waals surface area contributed by atoms with Crippen molar-refractivity contribution in [2.45, 2.75) is 55.4 Å². The van der Waals surface area contributed by atoms with Crippen LogP contribution in [0, 0.1) is 104 Å². The molecule has 8 aromatic heterocycles. The van der Waals surface area contributed by atoms with Crippen LogP contribution in [-0.4, -0.2) is 78.2 Å². The molecular weight excluding hydrogens is 2170 g/mol. The van der Waals surface area contributed by atoms with E-state index in [0.717, 1.165) is 113 Å². The van der Waals surface area contributed by atoms with Crippen molar-refractivity contribution in [3.63, 3.8) is 0 Å². The SMILES string of the molecule is Cc1cc(C)n(-c2[c-]cccc2)n1.Cc1cc(C)n(-c2[c-]cccc2)n1.Cc1nn(-c2[c-]cccc2)c(C)c1-c1ccc(-c2ccccc2)cc1.Cc1nn(-c2[c-]cccc2)c(C)c1-c1ccc(-c2ccccc2)cc1.[Rh+2].[Rh+2].[Rh+2].[Rh+2].[c-]1ccccc1-n1cc(-c2ccc(-c3ccccc3)cc2)cn1.[c-]1ccccc1-n1cc(-c2ccc(-c3ccccc3)cc2)cn1.[c-]1ccccc1-n1cccn1.[c-]1ccccc1-n1cccn1. The summed E-state index contributed by atoms with van der Waals surface area (Å²) in [6.45, 7) is 16.4. The number of hydrogen-bond acceptors (Lipinski definition) is 8. The summed E-state index contributed by atoms with van der Waals surface area (Å²) in [5.41, 5.74) is 35.5. The fraction of sp³-hybridized carbons (Fsp3) is 0.0625. The largest absolute Gasteiger partial charge is 2.00 e. The molecule has 8 heterocycles. The zero-order valence-corrected chi connectivity index (χ0v) is 89.2. The van der Waals surface area contributed by atoms with Gasteiger partial charge >= 0.3 is 77.9 Å². The van der Waals surface area contributed by atoms with E-state index in [0.29, 0.717) is 0 Å². The minimum atomic E-state index is 0. The van der Waals surface area contributed by atoms with Crippen molar-refractivity contribution in [2.24, 2.45) is 0 Å².